The van der Waals surface area contributed by atoms with E-state index >= 15 is 0 Å². The fourth-order valence-electron chi connectivity index (χ4n) is 2.02. The molecule has 11 heavy (non-hydrogen) atoms. The fourth-order valence-corrected chi connectivity index (χ4v) is 2.02. The molecule has 0 aliphatic carbocycles. The summed E-state index contributed by atoms with van der Waals surface area (Å²) in [5, 5.41) is 11.4. The van der Waals surface area contributed by atoms with E-state index < -0.39 is 0 Å². The number of nitrogens with two attached hydrogens (primary N) is 1. The van der Waals surface area contributed by atoms with Gasteiger partial charge in [0.2, 0.25) is 0 Å². The first kappa shape index (κ1) is 6.91. The van der Waals surface area contributed by atoms with Crippen molar-refractivity contribution in [1.82, 2.24) is 0 Å². The van der Waals surface area contributed by atoms with Crippen molar-refractivity contribution in [3.05, 3.63) is 0 Å². The van der Waals surface area contributed by atoms with Gasteiger partial charge in [-0.15, -0.1) is 0 Å². The average molecular weight is 156 g/mol. The zero-order valence-corrected chi connectivity index (χ0v) is 6.23. The average Bonchev–Trinajstić information content (AvgIpc) is 2.62. The predicted octanol–water partition coefficient (Wildman–Crippen LogP) is 0.300. The molecule has 3 atom stereocenters. The molecule has 0 spiro atoms. The maximum Gasteiger partial charge on any atom is 0.144 e. The molecule has 62 valence electrons. The van der Waals surface area contributed by atoms with Crippen LogP contribution >= 0.6 is 0 Å². The number of amidine groups is 1. The van der Waals surface area contributed by atoms with E-state index in [0.29, 0.717) is 11.9 Å². The van der Waals surface area contributed by atoms with Gasteiger partial charge < -0.3 is 15.7 Å². The highest BCUT2D eigenvalue weighted by Gasteiger charge is 2.42. The maximum absolute atomic E-state index is 8.43. The lowest BCUT2D eigenvalue weighted by molar-refractivity contribution is 0.0991. The number of rotatable bonds is 1. The number of oxime groups is 1. The molecule has 2 aliphatic rings. The molecular formula is C7H12N2O2. The second-order valence-electron chi connectivity index (χ2n) is 3.24. The molecular weight excluding hydrogens is 144 g/mol. The van der Waals surface area contributed by atoms with Crippen molar-refractivity contribution in [2.45, 2.75) is 31.5 Å². The van der Waals surface area contributed by atoms with Crippen LogP contribution in [0.2, 0.25) is 0 Å². The highest BCUT2D eigenvalue weighted by molar-refractivity contribution is 5.83. The Kier molecular flexibility index (Phi) is 1.49. The molecule has 4 nitrogen and oxygen atoms in total. The van der Waals surface area contributed by atoms with E-state index in [1.165, 1.54) is 0 Å². The van der Waals surface area contributed by atoms with E-state index in [9.17, 15) is 0 Å². The molecule has 2 heterocycles. The van der Waals surface area contributed by atoms with Crippen LogP contribution in [0.1, 0.15) is 19.3 Å². The molecule has 2 bridgehead atoms. The summed E-state index contributed by atoms with van der Waals surface area (Å²) in [6.07, 6.45) is 3.72. The number of hydrogen-bond acceptors (Lipinski definition) is 3. The summed E-state index contributed by atoms with van der Waals surface area (Å²) in [6.45, 7) is 0. The largest absolute Gasteiger partial charge is 0.409 e. The zero-order valence-electron chi connectivity index (χ0n) is 6.23. The summed E-state index contributed by atoms with van der Waals surface area (Å²) >= 11 is 0. The van der Waals surface area contributed by atoms with Crippen molar-refractivity contribution < 1.29 is 9.94 Å². The van der Waals surface area contributed by atoms with Gasteiger partial charge in [-0.25, -0.2) is 0 Å². The minimum Gasteiger partial charge on any atom is -0.409 e. The van der Waals surface area contributed by atoms with Crippen LogP contribution < -0.4 is 5.73 Å². The molecule has 0 radical (unpaired) electrons. The third-order valence-corrected chi connectivity index (χ3v) is 2.60. The topological polar surface area (TPSA) is 67.8 Å². The highest BCUT2D eigenvalue weighted by atomic mass is 16.5. The third kappa shape index (κ3) is 0.976. The second kappa shape index (κ2) is 2.37. The SMILES string of the molecule is N/C(=N\O)C1CC2CCC1O2. The van der Waals surface area contributed by atoms with E-state index in [1.807, 2.05) is 0 Å². The standard InChI is InChI=1S/C7H12N2O2/c8-7(9-10)5-3-4-1-2-6(5)11-4/h4-6,10H,1-3H2,(H2,8,9). The summed E-state index contributed by atoms with van der Waals surface area (Å²) in [5.41, 5.74) is 5.48. The van der Waals surface area contributed by atoms with Gasteiger partial charge in [-0.1, -0.05) is 5.16 Å². The van der Waals surface area contributed by atoms with Crippen molar-refractivity contribution in [3.8, 4) is 0 Å². The Hall–Kier alpha value is -0.770. The lowest BCUT2D eigenvalue weighted by Crippen LogP contribution is -2.31. The molecule has 3 unspecified atom stereocenters. The molecule has 0 aromatic rings. The molecule has 2 rings (SSSR count). The van der Waals surface area contributed by atoms with Crippen LogP contribution in [-0.4, -0.2) is 23.3 Å². The van der Waals surface area contributed by atoms with Crippen molar-refractivity contribution in [2.24, 2.45) is 16.8 Å². The summed E-state index contributed by atoms with van der Waals surface area (Å²) in [6, 6.07) is 0. The summed E-state index contributed by atoms with van der Waals surface area (Å²) < 4.78 is 5.54. The van der Waals surface area contributed by atoms with Crippen LogP contribution in [-0.2, 0) is 4.74 Å². The summed E-state index contributed by atoms with van der Waals surface area (Å²) in [5.74, 6) is 0.496. The second-order valence-corrected chi connectivity index (χ2v) is 3.24. The van der Waals surface area contributed by atoms with Crippen LogP contribution in [0.4, 0.5) is 0 Å². The van der Waals surface area contributed by atoms with Crippen LogP contribution in [0.25, 0.3) is 0 Å². The minimum absolute atomic E-state index is 0.166. The lowest BCUT2D eigenvalue weighted by Gasteiger charge is -2.15. The molecule has 2 aliphatic heterocycles. The van der Waals surface area contributed by atoms with Gasteiger partial charge in [0.15, 0.2) is 0 Å². The smallest absolute Gasteiger partial charge is 0.144 e. The minimum atomic E-state index is 0.166. The highest BCUT2D eigenvalue weighted by Crippen LogP contribution is 2.38. The lowest BCUT2D eigenvalue weighted by atomic mass is 9.88. The molecule has 0 aromatic carbocycles. The van der Waals surface area contributed by atoms with Crippen LogP contribution in [0, 0.1) is 5.92 Å². The third-order valence-electron chi connectivity index (χ3n) is 2.60. The van der Waals surface area contributed by atoms with Gasteiger partial charge in [-0.05, 0) is 19.3 Å². The van der Waals surface area contributed by atoms with Gasteiger partial charge in [0.1, 0.15) is 5.84 Å². The first-order chi connectivity index (χ1) is 5.31. The molecule has 2 fully saturated rings. The quantitative estimate of drug-likeness (QED) is 0.248. The number of ether oxygens (including phenoxy) is 1. The monoisotopic (exact) mass is 156 g/mol. The van der Waals surface area contributed by atoms with Crippen molar-refractivity contribution >= 4 is 5.84 Å². The van der Waals surface area contributed by atoms with E-state index in [1.54, 1.807) is 0 Å². The van der Waals surface area contributed by atoms with Gasteiger partial charge in [-0.2, -0.15) is 0 Å². The Balaban J connectivity index is 2.08. The van der Waals surface area contributed by atoms with Gasteiger partial charge >= 0.3 is 0 Å². The van der Waals surface area contributed by atoms with E-state index in [4.69, 9.17) is 15.7 Å². The van der Waals surface area contributed by atoms with Crippen molar-refractivity contribution in [3.63, 3.8) is 0 Å². The van der Waals surface area contributed by atoms with Crippen molar-refractivity contribution in [2.75, 3.05) is 0 Å². The normalized spacial score (nSPS) is 43.3. The molecule has 2 saturated heterocycles. The Morgan fingerprint density at radius 1 is 1.55 bits per heavy atom. The summed E-state index contributed by atoms with van der Waals surface area (Å²) in [7, 11) is 0. The van der Waals surface area contributed by atoms with Gasteiger partial charge in [0, 0.05) is 5.92 Å². The fraction of sp³-hybridized carbons (Fsp3) is 0.857. The molecule has 0 aromatic heterocycles. The number of hydrogen-bond donors (Lipinski definition) is 2. The molecule has 4 heteroatoms. The predicted molar refractivity (Wildman–Crippen MR) is 39.4 cm³/mol. The van der Waals surface area contributed by atoms with Gasteiger partial charge in [0.05, 0.1) is 12.2 Å². The van der Waals surface area contributed by atoms with E-state index in [2.05, 4.69) is 5.16 Å². The van der Waals surface area contributed by atoms with Crippen molar-refractivity contribution in [1.29, 1.82) is 0 Å². The number of fused-ring (bicyclic) bond motifs is 2. The Morgan fingerprint density at radius 3 is 2.82 bits per heavy atom. The van der Waals surface area contributed by atoms with Gasteiger partial charge in [-0.3, -0.25) is 0 Å². The summed E-state index contributed by atoms with van der Waals surface area (Å²) in [4.78, 5) is 0. The number of nitrogens with zero attached hydrogens (tertiary/aromatic N) is 1. The molecule has 0 amide bonds. The van der Waals surface area contributed by atoms with Crippen LogP contribution in [0.5, 0.6) is 0 Å². The first-order valence-electron chi connectivity index (χ1n) is 3.94. The maximum atomic E-state index is 8.43. The Bertz CT molecular complexity index is 193. The first-order valence-corrected chi connectivity index (χ1v) is 3.94. The van der Waals surface area contributed by atoms with Crippen LogP contribution in [0.3, 0.4) is 0 Å². The molecule has 0 saturated carbocycles. The van der Waals surface area contributed by atoms with E-state index in [0.717, 1.165) is 19.3 Å². The Labute approximate surface area is 65.0 Å². The molecule has 3 N–H and O–H groups in total. The van der Waals surface area contributed by atoms with Crippen LogP contribution in [0.15, 0.2) is 5.16 Å². The zero-order chi connectivity index (χ0) is 7.84. The Morgan fingerprint density at radius 2 is 2.36 bits per heavy atom. The van der Waals surface area contributed by atoms with E-state index in [-0.39, 0.29) is 12.0 Å². The van der Waals surface area contributed by atoms with Gasteiger partial charge in [0.25, 0.3) is 0 Å².